The van der Waals surface area contributed by atoms with Crippen molar-refractivity contribution in [3.05, 3.63) is 0 Å². The fraction of sp³-hybridized carbons (Fsp3) is 0.750. The highest BCUT2D eigenvalue weighted by Crippen LogP contribution is 2.54. The monoisotopic (exact) mass is 196 g/mol. The summed E-state index contributed by atoms with van der Waals surface area (Å²) in [4.78, 5) is 8.87. The van der Waals surface area contributed by atoms with Crippen LogP contribution in [0.2, 0.25) is 0 Å². The average molecular weight is 196 g/mol. The van der Waals surface area contributed by atoms with E-state index in [1.807, 2.05) is 6.07 Å². The molecular formula is C4H9N2O3PS. The average Bonchev–Trinajstić information content (AvgIpc) is 1.87. The van der Waals surface area contributed by atoms with Gasteiger partial charge in [0, 0.05) is 19.2 Å². The maximum Gasteiger partial charge on any atom is 0.402 e. The summed E-state index contributed by atoms with van der Waals surface area (Å²) in [6.07, 6.45) is 0.238. The number of hydrogen-bond donors (Lipinski definition) is 2. The highest BCUT2D eigenvalue weighted by atomic mass is 32.7. The molecule has 0 fully saturated rings. The van der Waals surface area contributed by atoms with Crippen molar-refractivity contribution in [1.29, 1.82) is 5.26 Å². The zero-order valence-corrected chi connectivity index (χ0v) is 7.69. The molecule has 7 heteroatoms. The highest BCUT2D eigenvalue weighted by molar-refractivity contribution is 8.54. The van der Waals surface area contributed by atoms with Crippen LogP contribution in [0.25, 0.3) is 0 Å². The molecule has 0 amide bonds. The lowest BCUT2D eigenvalue weighted by Crippen LogP contribution is -2.03. The zero-order valence-electron chi connectivity index (χ0n) is 5.98. The number of nitrogens with zero attached hydrogens (tertiary/aromatic N) is 1. The minimum Gasteiger partial charge on any atom is -0.315 e. The molecule has 1 unspecified atom stereocenters. The largest absolute Gasteiger partial charge is 0.402 e. The molecule has 0 aliphatic rings. The Morgan fingerprint density at radius 2 is 2.55 bits per heavy atom. The van der Waals surface area contributed by atoms with Gasteiger partial charge in [0.05, 0.1) is 6.07 Å². The van der Waals surface area contributed by atoms with E-state index < -0.39 is 6.80 Å². The van der Waals surface area contributed by atoms with Crippen molar-refractivity contribution in [1.82, 2.24) is 5.48 Å². The van der Waals surface area contributed by atoms with Crippen LogP contribution in [-0.4, -0.2) is 17.7 Å². The molecule has 0 aliphatic heterocycles. The Hall–Kier alpha value is -0.0500. The van der Waals surface area contributed by atoms with Gasteiger partial charge < -0.3 is 4.89 Å². The second-order valence-electron chi connectivity index (χ2n) is 1.51. The van der Waals surface area contributed by atoms with E-state index in [2.05, 4.69) is 10.1 Å². The van der Waals surface area contributed by atoms with Crippen LogP contribution in [0.1, 0.15) is 6.42 Å². The molecule has 0 aromatic carbocycles. The maximum atomic E-state index is 10.8. The zero-order chi connectivity index (χ0) is 8.74. The lowest BCUT2D eigenvalue weighted by Gasteiger charge is -2.07. The molecular weight excluding hydrogens is 187 g/mol. The number of hydrogen-bond acceptors (Lipinski definition) is 5. The van der Waals surface area contributed by atoms with Gasteiger partial charge in [0.25, 0.3) is 0 Å². The van der Waals surface area contributed by atoms with E-state index in [0.717, 1.165) is 11.4 Å². The first-order chi connectivity index (χ1) is 5.12. The molecule has 0 saturated carbocycles. The summed E-state index contributed by atoms with van der Waals surface area (Å²) < 4.78 is 15.1. The Morgan fingerprint density at radius 1 is 1.91 bits per heavy atom. The van der Waals surface area contributed by atoms with E-state index in [-0.39, 0.29) is 6.42 Å². The molecule has 0 rings (SSSR count). The Labute approximate surface area is 69.0 Å². The molecule has 0 heterocycles. The van der Waals surface area contributed by atoms with Crippen LogP contribution in [0.5, 0.6) is 0 Å². The molecule has 0 saturated heterocycles. The summed E-state index contributed by atoms with van der Waals surface area (Å²) in [5.41, 5.74) is 2.12. The standard InChI is InChI=1S/C4H9N2O3PS/c1-6-9-10(7,8)11-4-2-3-5/h6H,2,4H2,1H3,(H,7,8). The van der Waals surface area contributed by atoms with Crippen molar-refractivity contribution in [2.24, 2.45) is 0 Å². The molecule has 0 aromatic heterocycles. The van der Waals surface area contributed by atoms with Crippen LogP contribution in [-0.2, 0) is 9.19 Å². The van der Waals surface area contributed by atoms with Crippen LogP contribution in [0.15, 0.2) is 0 Å². The Kier molecular flexibility index (Phi) is 5.56. The summed E-state index contributed by atoms with van der Waals surface area (Å²) in [6, 6.07) is 1.85. The van der Waals surface area contributed by atoms with E-state index in [0.29, 0.717) is 5.75 Å². The summed E-state index contributed by atoms with van der Waals surface area (Å²) in [5.74, 6) is 0.298. The van der Waals surface area contributed by atoms with Crippen molar-refractivity contribution in [3.8, 4) is 6.07 Å². The van der Waals surface area contributed by atoms with Crippen LogP contribution >= 0.6 is 18.2 Å². The fourth-order valence-corrected chi connectivity index (χ4v) is 2.39. The third kappa shape index (κ3) is 6.35. The SMILES string of the molecule is CNOP(=O)(O)SCCC#N. The lowest BCUT2D eigenvalue weighted by atomic mass is 10.6. The molecule has 2 N–H and O–H groups in total. The van der Waals surface area contributed by atoms with Gasteiger partial charge in [0.1, 0.15) is 0 Å². The van der Waals surface area contributed by atoms with E-state index in [9.17, 15) is 4.57 Å². The Morgan fingerprint density at radius 3 is 3.00 bits per heavy atom. The van der Waals surface area contributed by atoms with E-state index in [4.69, 9.17) is 10.2 Å². The molecule has 5 nitrogen and oxygen atoms in total. The number of nitriles is 1. The number of nitrogens with one attached hydrogen (secondary N) is 1. The second kappa shape index (κ2) is 5.58. The van der Waals surface area contributed by atoms with Crippen molar-refractivity contribution in [3.63, 3.8) is 0 Å². The normalized spacial score (nSPS) is 15.4. The van der Waals surface area contributed by atoms with Crippen LogP contribution in [0.4, 0.5) is 0 Å². The molecule has 0 spiro atoms. The summed E-state index contributed by atoms with van der Waals surface area (Å²) >= 11 is 0.732. The van der Waals surface area contributed by atoms with Gasteiger partial charge in [-0.2, -0.15) is 10.7 Å². The van der Waals surface area contributed by atoms with Crippen molar-refractivity contribution >= 4 is 18.2 Å². The van der Waals surface area contributed by atoms with Gasteiger partial charge in [-0.3, -0.25) is 0 Å². The first-order valence-electron chi connectivity index (χ1n) is 2.82. The summed E-state index contributed by atoms with van der Waals surface area (Å²) in [7, 11) is 1.40. The Bertz CT molecular complexity index is 192. The van der Waals surface area contributed by atoms with Crippen molar-refractivity contribution < 1.29 is 14.1 Å². The molecule has 0 radical (unpaired) electrons. The van der Waals surface area contributed by atoms with E-state index in [1.54, 1.807) is 0 Å². The van der Waals surface area contributed by atoms with Gasteiger partial charge >= 0.3 is 6.80 Å². The molecule has 0 aromatic rings. The quantitative estimate of drug-likeness (QED) is 0.386. The van der Waals surface area contributed by atoms with Gasteiger partial charge in [0.2, 0.25) is 0 Å². The topological polar surface area (TPSA) is 82.3 Å². The predicted molar refractivity (Wildman–Crippen MR) is 42.7 cm³/mol. The Balaban J connectivity index is 3.57. The molecule has 11 heavy (non-hydrogen) atoms. The van der Waals surface area contributed by atoms with E-state index >= 15 is 0 Å². The van der Waals surface area contributed by atoms with Gasteiger partial charge in [0.15, 0.2) is 0 Å². The van der Waals surface area contributed by atoms with Crippen molar-refractivity contribution in [2.75, 3.05) is 12.8 Å². The van der Waals surface area contributed by atoms with Crippen LogP contribution in [0, 0.1) is 11.3 Å². The molecule has 0 aliphatic carbocycles. The third-order valence-corrected chi connectivity index (χ3v) is 3.55. The maximum absolute atomic E-state index is 10.8. The minimum atomic E-state index is -3.57. The first kappa shape index (κ1) is 11.0. The minimum absolute atomic E-state index is 0.238. The molecule has 0 bridgehead atoms. The number of hydroxylamine groups is 1. The van der Waals surface area contributed by atoms with Gasteiger partial charge in [-0.25, -0.2) is 9.19 Å². The van der Waals surface area contributed by atoms with Gasteiger partial charge in [-0.15, -0.1) is 0 Å². The third-order valence-electron chi connectivity index (χ3n) is 0.675. The fourth-order valence-electron chi connectivity index (χ4n) is 0.348. The number of rotatable bonds is 5. The highest BCUT2D eigenvalue weighted by Gasteiger charge is 2.18. The van der Waals surface area contributed by atoms with Crippen LogP contribution < -0.4 is 5.48 Å². The molecule has 1 atom stereocenters. The predicted octanol–water partition coefficient (Wildman–Crippen LogP) is 0.885. The second-order valence-corrected chi connectivity index (χ2v) is 5.45. The van der Waals surface area contributed by atoms with Gasteiger partial charge in [-0.1, -0.05) is 0 Å². The summed E-state index contributed by atoms with van der Waals surface area (Å²) in [5, 5.41) is 8.10. The lowest BCUT2D eigenvalue weighted by molar-refractivity contribution is 0.201. The van der Waals surface area contributed by atoms with Gasteiger partial charge in [-0.05, 0) is 11.4 Å². The van der Waals surface area contributed by atoms with Crippen LogP contribution in [0.3, 0.4) is 0 Å². The first-order valence-corrected chi connectivity index (χ1v) is 5.99. The van der Waals surface area contributed by atoms with E-state index in [1.165, 1.54) is 7.05 Å². The smallest absolute Gasteiger partial charge is 0.315 e. The van der Waals surface area contributed by atoms with Crippen molar-refractivity contribution in [2.45, 2.75) is 6.42 Å². The summed E-state index contributed by atoms with van der Waals surface area (Å²) in [6.45, 7) is -3.57. The molecule has 64 valence electrons.